The highest BCUT2D eigenvalue weighted by molar-refractivity contribution is 6.30. The molecule has 0 radical (unpaired) electrons. The zero-order valence-corrected chi connectivity index (χ0v) is 13.5. The number of nitrogens with zero attached hydrogens (tertiary/aromatic N) is 2. The van der Waals surface area contributed by atoms with Gasteiger partial charge >= 0.3 is 0 Å². The molecule has 114 valence electrons. The van der Waals surface area contributed by atoms with Crippen LogP contribution in [0.25, 0.3) is 0 Å². The lowest BCUT2D eigenvalue weighted by Crippen LogP contribution is -2.24. The Balaban J connectivity index is 2.24. The Labute approximate surface area is 131 Å². The number of hydrogen-bond donors (Lipinski definition) is 1. The van der Waals surface area contributed by atoms with E-state index in [1.165, 1.54) is 0 Å². The molecular weight excluding hydrogens is 286 g/mol. The van der Waals surface area contributed by atoms with Crippen LogP contribution in [0.5, 0.6) is 5.75 Å². The molecule has 0 amide bonds. The molecule has 0 spiro atoms. The molecule has 21 heavy (non-hydrogen) atoms. The molecule has 1 aromatic carbocycles. The number of aromatic nitrogens is 2. The van der Waals surface area contributed by atoms with E-state index in [0.717, 1.165) is 41.4 Å². The Hall–Kier alpha value is -1.52. The highest BCUT2D eigenvalue weighted by Gasteiger charge is 2.16. The van der Waals surface area contributed by atoms with Crippen LogP contribution in [0.4, 0.5) is 0 Å². The fourth-order valence-electron chi connectivity index (χ4n) is 2.34. The standard InChI is InChI=1S/C16H22ClN3O/c1-4-7-18-14(15-10-20(2)11-19-15)9-12-8-13(17)5-6-16(12)21-3/h5-6,8,10-11,14,18H,4,7,9H2,1-3H3. The molecule has 1 atom stereocenters. The maximum atomic E-state index is 6.12. The smallest absolute Gasteiger partial charge is 0.122 e. The summed E-state index contributed by atoms with van der Waals surface area (Å²) in [6.07, 6.45) is 5.74. The minimum atomic E-state index is 0.151. The summed E-state index contributed by atoms with van der Waals surface area (Å²) < 4.78 is 7.40. The Morgan fingerprint density at radius 1 is 1.43 bits per heavy atom. The maximum absolute atomic E-state index is 6.12. The van der Waals surface area contributed by atoms with Gasteiger partial charge in [0.05, 0.1) is 25.2 Å². The van der Waals surface area contributed by atoms with Crippen molar-refractivity contribution in [3.63, 3.8) is 0 Å². The predicted molar refractivity (Wildman–Crippen MR) is 86.0 cm³/mol. The zero-order chi connectivity index (χ0) is 15.2. The van der Waals surface area contributed by atoms with Gasteiger partial charge in [0.15, 0.2) is 0 Å². The number of methoxy groups -OCH3 is 1. The molecule has 0 bridgehead atoms. The van der Waals surface area contributed by atoms with Crippen LogP contribution in [-0.4, -0.2) is 23.2 Å². The van der Waals surface area contributed by atoms with Crippen molar-refractivity contribution in [1.29, 1.82) is 0 Å². The van der Waals surface area contributed by atoms with E-state index in [1.807, 2.05) is 42.3 Å². The molecule has 5 heteroatoms. The Kier molecular flexibility index (Phi) is 5.65. The molecule has 0 aliphatic carbocycles. The van der Waals surface area contributed by atoms with Gasteiger partial charge < -0.3 is 14.6 Å². The third-order valence-corrected chi connectivity index (χ3v) is 3.62. The minimum absolute atomic E-state index is 0.151. The normalized spacial score (nSPS) is 12.4. The SMILES string of the molecule is CCCNC(Cc1cc(Cl)ccc1OC)c1cn(C)cn1. The minimum Gasteiger partial charge on any atom is -0.496 e. The average Bonchev–Trinajstić information content (AvgIpc) is 2.90. The van der Waals surface area contributed by atoms with Crippen molar-refractivity contribution in [2.24, 2.45) is 7.05 Å². The van der Waals surface area contributed by atoms with Gasteiger partial charge in [-0.2, -0.15) is 0 Å². The highest BCUT2D eigenvalue weighted by atomic mass is 35.5. The van der Waals surface area contributed by atoms with E-state index < -0.39 is 0 Å². The molecule has 0 saturated heterocycles. The van der Waals surface area contributed by atoms with Gasteiger partial charge in [0.25, 0.3) is 0 Å². The maximum Gasteiger partial charge on any atom is 0.122 e. The van der Waals surface area contributed by atoms with E-state index in [2.05, 4.69) is 17.2 Å². The summed E-state index contributed by atoms with van der Waals surface area (Å²) in [4.78, 5) is 4.47. The van der Waals surface area contributed by atoms with Crippen LogP contribution in [0.1, 0.15) is 30.6 Å². The lowest BCUT2D eigenvalue weighted by molar-refractivity contribution is 0.405. The lowest BCUT2D eigenvalue weighted by atomic mass is 10.0. The topological polar surface area (TPSA) is 39.1 Å². The van der Waals surface area contributed by atoms with Crippen LogP contribution in [0.2, 0.25) is 5.02 Å². The zero-order valence-electron chi connectivity index (χ0n) is 12.8. The van der Waals surface area contributed by atoms with E-state index in [-0.39, 0.29) is 6.04 Å². The lowest BCUT2D eigenvalue weighted by Gasteiger charge is -2.18. The molecule has 2 rings (SSSR count). The molecule has 0 aliphatic heterocycles. The summed E-state index contributed by atoms with van der Waals surface area (Å²) in [5, 5.41) is 4.27. The van der Waals surface area contributed by atoms with Gasteiger partial charge in [-0.15, -0.1) is 0 Å². The van der Waals surface area contributed by atoms with E-state index in [1.54, 1.807) is 7.11 Å². The van der Waals surface area contributed by atoms with Crippen molar-refractivity contribution < 1.29 is 4.74 Å². The first-order chi connectivity index (χ1) is 10.1. The summed E-state index contributed by atoms with van der Waals surface area (Å²) in [5.74, 6) is 0.860. The average molecular weight is 308 g/mol. The first kappa shape index (κ1) is 15.9. The van der Waals surface area contributed by atoms with Crippen LogP contribution in [0, 0.1) is 0 Å². The second-order valence-electron chi connectivity index (χ2n) is 5.13. The monoisotopic (exact) mass is 307 g/mol. The van der Waals surface area contributed by atoms with Crippen molar-refractivity contribution in [2.75, 3.05) is 13.7 Å². The summed E-state index contributed by atoms with van der Waals surface area (Å²) in [6.45, 7) is 3.10. The van der Waals surface area contributed by atoms with Crippen LogP contribution < -0.4 is 10.1 Å². The van der Waals surface area contributed by atoms with E-state index in [0.29, 0.717) is 0 Å². The van der Waals surface area contributed by atoms with Gasteiger partial charge in [-0.25, -0.2) is 4.98 Å². The molecule has 1 unspecified atom stereocenters. The van der Waals surface area contributed by atoms with Crippen molar-refractivity contribution in [3.8, 4) is 5.75 Å². The van der Waals surface area contributed by atoms with Gasteiger partial charge in [0.1, 0.15) is 5.75 Å². The molecule has 2 aromatic rings. The second-order valence-corrected chi connectivity index (χ2v) is 5.57. The van der Waals surface area contributed by atoms with E-state index >= 15 is 0 Å². The van der Waals surface area contributed by atoms with Gasteiger partial charge in [-0.05, 0) is 43.1 Å². The molecule has 1 aromatic heterocycles. The Bertz CT molecular complexity index is 583. The number of imidazole rings is 1. The summed E-state index contributed by atoms with van der Waals surface area (Å²) in [5.41, 5.74) is 2.12. The van der Waals surface area contributed by atoms with Crippen molar-refractivity contribution in [1.82, 2.24) is 14.9 Å². The Morgan fingerprint density at radius 3 is 2.86 bits per heavy atom. The number of hydrogen-bond acceptors (Lipinski definition) is 3. The fraction of sp³-hybridized carbons (Fsp3) is 0.438. The summed E-state index contributed by atoms with van der Waals surface area (Å²) in [6, 6.07) is 5.87. The van der Waals surface area contributed by atoms with Gasteiger partial charge in [0, 0.05) is 18.3 Å². The predicted octanol–water partition coefficient (Wildman–Crippen LogP) is 3.37. The second kappa shape index (κ2) is 7.48. The summed E-state index contributed by atoms with van der Waals surface area (Å²) >= 11 is 6.12. The molecule has 1 heterocycles. The largest absolute Gasteiger partial charge is 0.496 e. The third kappa shape index (κ3) is 4.22. The molecule has 0 fully saturated rings. The third-order valence-electron chi connectivity index (χ3n) is 3.39. The van der Waals surface area contributed by atoms with Crippen LogP contribution in [0.3, 0.4) is 0 Å². The fourth-order valence-corrected chi connectivity index (χ4v) is 2.53. The van der Waals surface area contributed by atoms with Gasteiger partial charge in [-0.3, -0.25) is 0 Å². The molecule has 4 nitrogen and oxygen atoms in total. The van der Waals surface area contributed by atoms with Gasteiger partial charge in [-0.1, -0.05) is 18.5 Å². The van der Waals surface area contributed by atoms with Crippen molar-refractivity contribution in [2.45, 2.75) is 25.8 Å². The molecule has 0 saturated carbocycles. The van der Waals surface area contributed by atoms with Crippen molar-refractivity contribution in [3.05, 3.63) is 47.0 Å². The summed E-state index contributed by atoms with van der Waals surface area (Å²) in [7, 11) is 3.66. The molecular formula is C16H22ClN3O. The highest BCUT2D eigenvalue weighted by Crippen LogP contribution is 2.27. The number of aryl methyl sites for hydroxylation is 1. The number of benzene rings is 1. The number of ether oxygens (including phenoxy) is 1. The van der Waals surface area contributed by atoms with E-state index in [9.17, 15) is 0 Å². The number of rotatable bonds is 7. The molecule has 1 N–H and O–H groups in total. The number of halogens is 1. The number of nitrogens with one attached hydrogen (secondary N) is 1. The van der Waals surface area contributed by atoms with Gasteiger partial charge in [0.2, 0.25) is 0 Å². The van der Waals surface area contributed by atoms with E-state index in [4.69, 9.17) is 16.3 Å². The quantitative estimate of drug-likeness (QED) is 0.852. The first-order valence-corrected chi connectivity index (χ1v) is 7.55. The van der Waals surface area contributed by atoms with Crippen LogP contribution >= 0.6 is 11.6 Å². The van der Waals surface area contributed by atoms with Crippen molar-refractivity contribution >= 4 is 11.6 Å². The first-order valence-electron chi connectivity index (χ1n) is 7.17. The van der Waals surface area contributed by atoms with Crippen LogP contribution in [0.15, 0.2) is 30.7 Å². The Morgan fingerprint density at radius 2 is 2.24 bits per heavy atom. The van der Waals surface area contributed by atoms with Crippen LogP contribution in [-0.2, 0) is 13.5 Å². The molecule has 0 aliphatic rings.